The average molecular weight is 416 g/mol. The highest BCUT2D eigenvalue weighted by atomic mass is 35.5. The molecular formula is C19H21ClF3N3O2. The van der Waals surface area contributed by atoms with Gasteiger partial charge in [-0.15, -0.1) is 0 Å². The number of anilines is 1. The molecule has 0 bridgehead atoms. The highest BCUT2D eigenvalue weighted by Crippen LogP contribution is 2.33. The smallest absolute Gasteiger partial charge is 0.417 e. The molecular weight excluding hydrogens is 395 g/mol. The van der Waals surface area contributed by atoms with E-state index in [1.807, 2.05) is 23.1 Å². The minimum absolute atomic E-state index is 0.00961. The fourth-order valence-electron chi connectivity index (χ4n) is 3.03. The number of piperazine rings is 1. The molecule has 1 aromatic carbocycles. The lowest BCUT2D eigenvalue weighted by Gasteiger charge is -2.35. The van der Waals surface area contributed by atoms with Crippen LogP contribution >= 0.6 is 11.6 Å². The highest BCUT2D eigenvalue weighted by molar-refractivity contribution is 6.33. The maximum Gasteiger partial charge on any atom is 0.417 e. The molecule has 2 heterocycles. The Kier molecular flexibility index (Phi) is 6.64. The van der Waals surface area contributed by atoms with Crippen molar-refractivity contribution in [3.8, 4) is 5.75 Å². The second kappa shape index (κ2) is 8.98. The van der Waals surface area contributed by atoms with E-state index >= 15 is 0 Å². The Labute approximate surface area is 166 Å². The Morgan fingerprint density at radius 2 is 1.89 bits per heavy atom. The number of aliphatic hydroxyl groups is 1. The maximum atomic E-state index is 12.7. The predicted octanol–water partition coefficient (Wildman–Crippen LogP) is 3.45. The third-order valence-corrected chi connectivity index (χ3v) is 4.86. The molecule has 0 amide bonds. The first-order chi connectivity index (χ1) is 13.4. The molecule has 0 spiro atoms. The SMILES string of the molecule is OCc1cccc(OCCN2CCN(c3ncc(C(F)(F)F)cc3Cl)CC2)c1. The van der Waals surface area contributed by atoms with Gasteiger partial charge in [0.05, 0.1) is 17.2 Å². The molecule has 0 saturated carbocycles. The third kappa shape index (κ3) is 5.27. The Balaban J connectivity index is 1.48. The Bertz CT molecular complexity index is 796. The molecule has 9 heteroatoms. The minimum atomic E-state index is -4.45. The van der Waals surface area contributed by atoms with Crippen LogP contribution in [0.25, 0.3) is 0 Å². The van der Waals surface area contributed by atoms with E-state index in [-0.39, 0.29) is 11.6 Å². The summed E-state index contributed by atoms with van der Waals surface area (Å²) in [5.41, 5.74) is -0.0469. The molecule has 1 N–H and O–H groups in total. The monoisotopic (exact) mass is 415 g/mol. The van der Waals surface area contributed by atoms with Gasteiger partial charge in [0, 0.05) is 38.9 Å². The van der Waals surface area contributed by atoms with Gasteiger partial charge in [-0.05, 0) is 23.8 Å². The van der Waals surface area contributed by atoms with Crippen LogP contribution in [-0.4, -0.2) is 54.3 Å². The fourth-order valence-corrected chi connectivity index (χ4v) is 3.31. The van der Waals surface area contributed by atoms with Crippen molar-refractivity contribution in [2.24, 2.45) is 0 Å². The van der Waals surface area contributed by atoms with Gasteiger partial charge in [0.15, 0.2) is 0 Å². The van der Waals surface area contributed by atoms with Crippen molar-refractivity contribution >= 4 is 17.4 Å². The van der Waals surface area contributed by atoms with Crippen LogP contribution in [0.3, 0.4) is 0 Å². The van der Waals surface area contributed by atoms with Crippen molar-refractivity contribution in [3.05, 3.63) is 52.7 Å². The molecule has 5 nitrogen and oxygen atoms in total. The van der Waals surface area contributed by atoms with Gasteiger partial charge < -0.3 is 14.7 Å². The molecule has 1 aliphatic rings. The lowest BCUT2D eigenvalue weighted by atomic mass is 10.2. The number of halogens is 4. The van der Waals surface area contributed by atoms with Gasteiger partial charge in [-0.2, -0.15) is 13.2 Å². The van der Waals surface area contributed by atoms with Gasteiger partial charge in [0.1, 0.15) is 18.2 Å². The molecule has 0 radical (unpaired) electrons. The zero-order valence-electron chi connectivity index (χ0n) is 15.1. The van der Waals surface area contributed by atoms with Crippen LogP contribution in [0.15, 0.2) is 36.5 Å². The number of benzene rings is 1. The second-order valence-corrected chi connectivity index (χ2v) is 6.92. The number of ether oxygens (including phenoxy) is 1. The lowest BCUT2D eigenvalue weighted by molar-refractivity contribution is -0.137. The molecule has 3 rings (SSSR count). The number of pyridine rings is 1. The van der Waals surface area contributed by atoms with E-state index in [1.54, 1.807) is 6.07 Å². The molecule has 0 atom stereocenters. The number of alkyl halides is 3. The molecule has 1 aliphatic heterocycles. The number of hydrogen-bond donors (Lipinski definition) is 1. The summed E-state index contributed by atoms with van der Waals surface area (Å²) in [7, 11) is 0. The molecule has 0 aliphatic carbocycles. The summed E-state index contributed by atoms with van der Waals surface area (Å²) >= 11 is 6.03. The summed E-state index contributed by atoms with van der Waals surface area (Å²) in [6, 6.07) is 8.23. The maximum absolute atomic E-state index is 12.7. The third-order valence-electron chi connectivity index (χ3n) is 4.58. The molecule has 1 fully saturated rings. The van der Waals surface area contributed by atoms with Gasteiger partial charge in [0.2, 0.25) is 0 Å². The van der Waals surface area contributed by atoms with E-state index in [0.717, 1.165) is 37.5 Å². The standard InChI is InChI=1S/C19H21ClF3N3O2/c20-17-11-15(19(21,22)23)12-24-18(17)26-6-4-25(5-7-26)8-9-28-16-3-1-2-14(10-16)13-27/h1-3,10-12,27H,4-9,13H2. The summed E-state index contributed by atoms with van der Waals surface area (Å²) in [6.07, 6.45) is -3.63. The molecule has 1 aromatic heterocycles. The van der Waals surface area contributed by atoms with Crippen LogP contribution in [0.2, 0.25) is 5.02 Å². The van der Waals surface area contributed by atoms with Crippen LogP contribution in [0, 0.1) is 0 Å². The summed E-state index contributed by atoms with van der Waals surface area (Å²) in [4.78, 5) is 8.03. The lowest BCUT2D eigenvalue weighted by Crippen LogP contribution is -2.47. The van der Waals surface area contributed by atoms with E-state index in [0.29, 0.717) is 31.3 Å². The van der Waals surface area contributed by atoms with Gasteiger partial charge >= 0.3 is 6.18 Å². The van der Waals surface area contributed by atoms with Gasteiger partial charge in [-0.3, -0.25) is 4.90 Å². The number of nitrogens with zero attached hydrogens (tertiary/aromatic N) is 3. The van der Waals surface area contributed by atoms with Crippen molar-refractivity contribution < 1.29 is 23.0 Å². The van der Waals surface area contributed by atoms with Crippen molar-refractivity contribution in [1.29, 1.82) is 0 Å². The predicted molar refractivity (Wildman–Crippen MR) is 101 cm³/mol. The number of hydrogen-bond acceptors (Lipinski definition) is 5. The van der Waals surface area contributed by atoms with E-state index in [4.69, 9.17) is 21.4 Å². The largest absolute Gasteiger partial charge is 0.492 e. The fraction of sp³-hybridized carbons (Fsp3) is 0.421. The summed E-state index contributed by atoms with van der Waals surface area (Å²) in [5, 5.41) is 9.16. The quantitative estimate of drug-likeness (QED) is 0.783. The second-order valence-electron chi connectivity index (χ2n) is 6.51. The first-order valence-electron chi connectivity index (χ1n) is 8.89. The molecule has 28 heavy (non-hydrogen) atoms. The van der Waals surface area contributed by atoms with Crippen LogP contribution in [0.1, 0.15) is 11.1 Å². The zero-order chi connectivity index (χ0) is 20.1. The van der Waals surface area contributed by atoms with Crippen molar-refractivity contribution in [2.75, 3.05) is 44.2 Å². The van der Waals surface area contributed by atoms with Gasteiger partial charge in [0.25, 0.3) is 0 Å². The highest BCUT2D eigenvalue weighted by Gasteiger charge is 2.32. The van der Waals surface area contributed by atoms with E-state index in [1.165, 1.54) is 0 Å². The Morgan fingerprint density at radius 3 is 2.54 bits per heavy atom. The number of aromatic nitrogens is 1. The first-order valence-corrected chi connectivity index (χ1v) is 9.27. The molecule has 0 unspecified atom stereocenters. The van der Waals surface area contributed by atoms with E-state index in [9.17, 15) is 13.2 Å². The van der Waals surface area contributed by atoms with Crippen LogP contribution in [0.4, 0.5) is 19.0 Å². The molecule has 2 aromatic rings. The zero-order valence-corrected chi connectivity index (χ0v) is 15.9. The first kappa shape index (κ1) is 20.7. The summed E-state index contributed by atoms with van der Waals surface area (Å²) < 4.78 is 43.9. The van der Waals surface area contributed by atoms with Gasteiger partial charge in [-0.25, -0.2) is 4.98 Å². The van der Waals surface area contributed by atoms with E-state index in [2.05, 4.69) is 9.88 Å². The normalized spacial score (nSPS) is 15.7. The van der Waals surface area contributed by atoms with Crippen molar-refractivity contribution in [1.82, 2.24) is 9.88 Å². The number of aliphatic hydroxyl groups excluding tert-OH is 1. The molecule has 1 saturated heterocycles. The summed E-state index contributed by atoms with van der Waals surface area (Å²) in [6.45, 7) is 3.92. The Hall–Kier alpha value is -2.03. The van der Waals surface area contributed by atoms with Crippen molar-refractivity contribution in [2.45, 2.75) is 12.8 Å². The van der Waals surface area contributed by atoms with Crippen LogP contribution < -0.4 is 9.64 Å². The summed E-state index contributed by atoms with van der Waals surface area (Å²) in [5.74, 6) is 1.09. The minimum Gasteiger partial charge on any atom is -0.492 e. The Morgan fingerprint density at radius 1 is 1.14 bits per heavy atom. The molecule has 152 valence electrons. The van der Waals surface area contributed by atoms with Crippen LogP contribution in [0.5, 0.6) is 5.75 Å². The van der Waals surface area contributed by atoms with Crippen molar-refractivity contribution in [3.63, 3.8) is 0 Å². The van der Waals surface area contributed by atoms with Gasteiger partial charge in [-0.1, -0.05) is 23.7 Å². The van der Waals surface area contributed by atoms with Crippen LogP contribution in [-0.2, 0) is 12.8 Å². The topological polar surface area (TPSA) is 48.8 Å². The average Bonchev–Trinajstić information content (AvgIpc) is 2.68. The number of rotatable bonds is 6. The van der Waals surface area contributed by atoms with E-state index < -0.39 is 11.7 Å².